The highest BCUT2D eigenvalue weighted by Gasteiger charge is 2.11. The number of hydrogen-bond acceptors (Lipinski definition) is 6. The van der Waals surface area contributed by atoms with E-state index in [2.05, 4.69) is 9.11 Å². The van der Waals surface area contributed by atoms with E-state index in [1.54, 1.807) is 0 Å². The highest BCUT2D eigenvalue weighted by molar-refractivity contribution is 7.08. The maximum absolute atomic E-state index is 11.3. The Hall–Kier alpha value is -1.69. The molecule has 0 radical (unpaired) electrons. The normalized spacial score (nSPS) is 11.1. The first-order valence-electron chi connectivity index (χ1n) is 3.59. The van der Waals surface area contributed by atoms with Gasteiger partial charge in [0.1, 0.15) is 0 Å². The fourth-order valence-corrected chi connectivity index (χ4v) is 1.21. The van der Waals surface area contributed by atoms with Crippen LogP contribution in [-0.2, 0) is 9.53 Å². The minimum Gasteiger partial charge on any atom is -0.502 e. The van der Waals surface area contributed by atoms with E-state index in [-0.39, 0.29) is 0 Å². The van der Waals surface area contributed by atoms with E-state index >= 15 is 0 Å². The first-order valence-corrected chi connectivity index (χ1v) is 4.36. The number of carbonyl (C=O) groups is 2. The molecule has 1 rings (SSSR count). The van der Waals surface area contributed by atoms with Crippen LogP contribution < -0.4 is 0 Å². The Balaban J connectivity index is 2.78. The Morgan fingerprint density at radius 3 is 2.86 bits per heavy atom. The quantitative estimate of drug-likeness (QED) is 0.350. The Labute approximate surface area is 83.8 Å². The van der Waals surface area contributed by atoms with Crippen molar-refractivity contribution in [1.82, 2.24) is 4.37 Å². The third kappa shape index (κ3) is 2.40. The second kappa shape index (κ2) is 4.52. The van der Waals surface area contributed by atoms with Gasteiger partial charge in [-0.15, -0.1) is 0 Å². The number of hydrogen-bond donors (Lipinski definition) is 1. The summed E-state index contributed by atoms with van der Waals surface area (Å²) in [6.07, 6.45) is 2.26. The number of methoxy groups -OCH3 is 1. The molecule has 1 aromatic heterocycles. The Kier molecular flexibility index (Phi) is 3.35. The SMILES string of the molecule is COC(=O)/C(O)=C/C(=O)c1ccns1. The molecule has 0 atom stereocenters. The Bertz CT molecular complexity index is 369. The van der Waals surface area contributed by atoms with Gasteiger partial charge in [-0.2, -0.15) is 0 Å². The molecular weight excluding hydrogens is 206 g/mol. The molecule has 0 unspecified atom stereocenters. The summed E-state index contributed by atoms with van der Waals surface area (Å²) in [4.78, 5) is 22.3. The largest absolute Gasteiger partial charge is 0.502 e. The van der Waals surface area contributed by atoms with E-state index in [1.165, 1.54) is 12.3 Å². The molecule has 14 heavy (non-hydrogen) atoms. The molecular formula is C8H7NO4S. The molecule has 1 N–H and O–H groups in total. The maximum Gasteiger partial charge on any atom is 0.373 e. The molecule has 5 nitrogen and oxygen atoms in total. The van der Waals surface area contributed by atoms with Crippen LogP contribution in [0.15, 0.2) is 24.1 Å². The molecule has 1 aromatic rings. The number of nitrogens with zero attached hydrogens (tertiary/aromatic N) is 1. The third-order valence-corrected chi connectivity index (χ3v) is 2.10. The molecule has 1 heterocycles. The van der Waals surface area contributed by atoms with Crippen LogP contribution in [0.1, 0.15) is 9.67 Å². The molecule has 0 aromatic carbocycles. The van der Waals surface area contributed by atoms with Gasteiger partial charge in [0.2, 0.25) is 11.5 Å². The number of aliphatic hydroxyl groups is 1. The van der Waals surface area contributed by atoms with Gasteiger partial charge in [-0.25, -0.2) is 9.17 Å². The second-order valence-corrected chi connectivity index (χ2v) is 3.10. The smallest absolute Gasteiger partial charge is 0.373 e. The summed E-state index contributed by atoms with van der Waals surface area (Å²) in [5.41, 5.74) is 0. The van der Waals surface area contributed by atoms with Crippen LogP contribution in [0.25, 0.3) is 0 Å². The lowest BCUT2D eigenvalue weighted by molar-refractivity contribution is -0.139. The van der Waals surface area contributed by atoms with Gasteiger partial charge in [-0.3, -0.25) is 4.79 Å². The van der Waals surface area contributed by atoms with Crippen LogP contribution >= 0.6 is 11.5 Å². The van der Waals surface area contributed by atoms with Gasteiger partial charge in [0.15, 0.2) is 0 Å². The zero-order chi connectivity index (χ0) is 10.6. The fraction of sp³-hybridized carbons (Fsp3) is 0.125. The number of allylic oxidation sites excluding steroid dienone is 1. The molecule has 0 amide bonds. The summed E-state index contributed by atoms with van der Waals surface area (Å²) in [5.74, 6) is -2.14. The molecule has 0 aliphatic carbocycles. The van der Waals surface area contributed by atoms with Gasteiger partial charge in [0, 0.05) is 12.3 Å². The van der Waals surface area contributed by atoms with Gasteiger partial charge in [0.25, 0.3) is 0 Å². The molecule has 6 heteroatoms. The number of rotatable bonds is 3. The highest BCUT2D eigenvalue weighted by atomic mass is 32.1. The predicted molar refractivity (Wildman–Crippen MR) is 49.2 cm³/mol. The van der Waals surface area contributed by atoms with Gasteiger partial charge < -0.3 is 9.84 Å². The number of aromatic nitrogens is 1. The van der Waals surface area contributed by atoms with E-state index in [0.717, 1.165) is 24.7 Å². The first-order chi connectivity index (χ1) is 6.65. The van der Waals surface area contributed by atoms with Crippen molar-refractivity contribution in [2.24, 2.45) is 0 Å². The van der Waals surface area contributed by atoms with Crippen molar-refractivity contribution in [3.8, 4) is 0 Å². The lowest BCUT2D eigenvalue weighted by Gasteiger charge is -1.95. The Morgan fingerprint density at radius 1 is 1.64 bits per heavy atom. The van der Waals surface area contributed by atoms with Crippen molar-refractivity contribution < 1.29 is 19.4 Å². The van der Waals surface area contributed by atoms with E-state index < -0.39 is 17.5 Å². The van der Waals surface area contributed by atoms with Crippen LogP contribution in [0.5, 0.6) is 0 Å². The maximum atomic E-state index is 11.3. The zero-order valence-corrected chi connectivity index (χ0v) is 8.08. The summed E-state index contributed by atoms with van der Waals surface area (Å²) < 4.78 is 7.92. The average molecular weight is 213 g/mol. The van der Waals surface area contributed by atoms with Crippen LogP contribution in [0.4, 0.5) is 0 Å². The minimum atomic E-state index is -0.942. The highest BCUT2D eigenvalue weighted by Crippen LogP contribution is 2.07. The van der Waals surface area contributed by atoms with Crippen molar-refractivity contribution in [2.75, 3.05) is 7.11 Å². The summed E-state index contributed by atoms with van der Waals surface area (Å²) in [7, 11) is 1.11. The lowest BCUT2D eigenvalue weighted by atomic mass is 10.3. The van der Waals surface area contributed by atoms with Gasteiger partial charge in [0.05, 0.1) is 12.0 Å². The summed E-state index contributed by atoms with van der Waals surface area (Å²) >= 11 is 0.985. The van der Waals surface area contributed by atoms with E-state index in [0.29, 0.717) is 4.88 Å². The zero-order valence-electron chi connectivity index (χ0n) is 7.26. The minimum absolute atomic E-state index is 0.348. The van der Waals surface area contributed by atoms with Gasteiger partial charge in [-0.05, 0) is 17.6 Å². The number of carbonyl (C=O) groups excluding carboxylic acids is 2. The van der Waals surface area contributed by atoms with Crippen LogP contribution in [-0.4, -0.2) is 28.3 Å². The van der Waals surface area contributed by atoms with Gasteiger partial charge >= 0.3 is 5.97 Å². The molecule has 0 fully saturated rings. The van der Waals surface area contributed by atoms with Crippen molar-refractivity contribution in [3.63, 3.8) is 0 Å². The lowest BCUT2D eigenvalue weighted by Crippen LogP contribution is -2.06. The number of esters is 1. The molecule has 74 valence electrons. The molecule has 0 aliphatic heterocycles. The fourth-order valence-electron chi connectivity index (χ4n) is 0.702. The first kappa shape index (κ1) is 10.4. The van der Waals surface area contributed by atoms with Crippen molar-refractivity contribution in [2.45, 2.75) is 0 Å². The third-order valence-electron chi connectivity index (χ3n) is 1.34. The van der Waals surface area contributed by atoms with Crippen molar-refractivity contribution in [1.29, 1.82) is 0 Å². The molecule has 0 aliphatic rings. The topological polar surface area (TPSA) is 76.5 Å². The predicted octanol–water partition coefficient (Wildman–Crippen LogP) is 0.941. The van der Waals surface area contributed by atoms with Crippen LogP contribution in [0, 0.1) is 0 Å². The average Bonchev–Trinajstić information content (AvgIpc) is 2.69. The standard InChI is InChI=1S/C8H7NO4S/c1-13-8(12)6(11)4-5(10)7-2-3-9-14-7/h2-4,11H,1H3/b6-4-. The van der Waals surface area contributed by atoms with Crippen molar-refractivity contribution >= 4 is 23.3 Å². The summed E-state index contributed by atoms with van der Waals surface area (Å²) in [5, 5.41) is 9.04. The molecule has 0 spiro atoms. The second-order valence-electron chi connectivity index (χ2n) is 2.26. The number of ketones is 1. The van der Waals surface area contributed by atoms with Gasteiger partial charge in [-0.1, -0.05) is 0 Å². The molecule has 0 saturated heterocycles. The monoisotopic (exact) mass is 213 g/mol. The number of ether oxygens (including phenoxy) is 1. The Morgan fingerprint density at radius 2 is 2.36 bits per heavy atom. The van der Waals surface area contributed by atoms with Crippen LogP contribution in [0.3, 0.4) is 0 Å². The van der Waals surface area contributed by atoms with E-state index in [4.69, 9.17) is 5.11 Å². The van der Waals surface area contributed by atoms with Crippen molar-refractivity contribution in [3.05, 3.63) is 29.0 Å². The molecule has 0 saturated carbocycles. The number of aliphatic hydroxyl groups excluding tert-OH is 1. The van der Waals surface area contributed by atoms with E-state index in [1.807, 2.05) is 0 Å². The summed E-state index contributed by atoms with van der Waals surface area (Å²) in [6.45, 7) is 0. The summed E-state index contributed by atoms with van der Waals surface area (Å²) in [6, 6.07) is 1.49. The van der Waals surface area contributed by atoms with E-state index in [9.17, 15) is 9.59 Å². The van der Waals surface area contributed by atoms with Crippen LogP contribution in [0.2, 0.25) is 0 Å². The molecule has 0 bridgehead atoms.